The Bertz CT molecular complexity index is 2390. The van der Waals surface area contributed by atoms with Gasteiger partial charge in [-0.05, 0) is 80.8 Å². The van der Waals surface area contributed by atoms with Gasteiger partial charge in [0.05, 0.1) is 6.21 Å². The van der Waals surface area contributed by atoms with Crippen LogP contribution in [0.1, 0.15) is 150 Å². The van der Waals surface area contributed by atoms with Gasteiger partial charge < -0.3 is 69.4 Å². The van der Waals surface area contributed by atoms with E-state index < -0.39 is 0 Å². The number of unbranched alkanes of at least 4 members (excludes halogenated alkanes) is 1. The van der Waals surface area contributed by atoms with Gasteiger partial charge in [0.25, 0.3) is 0 Å². The van der Waals surface area contributed by atoms with Crippen molar-refractivity contribution in [1.29, 1.82) is 0 Å². The molecule has 75 heavy (non-hydrogen) atoms. The van der Waals surface area contributed by atoms with Gasteiger partial charge in [0.1, 0.15) is 6.23 Å². The first kappa shape index (κ1) is 74.1. The molecule has 2 fully saturated rings. The van der Waals surface area contributed by atoms with E-state index in [1.165, 1.54) is 62.5 Å². The topological polar surface area (TPSA) is 34.1 Å². The first-order valence-electron chi connectivity index (χ1n) is 25.6. The van der Waals surface area contributed by atoms with Gasteiger partial charge >= 0.3 is 39.6 Å². The molecule has 0 N–H and O–H groups in total. The number of oxime groups is 1. The molecule has 3 radical (unpaired) electrons. The van der Waals surface area contributed by atoms with E-state index in [2.05, 4.69) is 172 Å². The van der Waals surface area contributed by atoms with E-state index in [-0.39, 0.29) is 124 Å². The maximum atomic E-state index is 5.81. The Labute approximate surface area is 534 Å². The molecule has 5 atom stereocenters. The zero-order valence-electron chi connectivity index (χ0n) is 44.6. The second kappa shape index (κ2) is 50.6. The molecule has 4 aliphatic carbocycles. The van der Waals surface area contributed by atoms with Gasteiger partial charge in [0.15, 0.2) is 6.10 Å². The molecule has 387 valence electrons. The Hall–Kier alpha value is -2.94. The van der Waals surface area contributed by atoms with Crippen LogP contribution in [0.25, 0.3) is 0 Å². The van der Waals surface area contributed by atoms with Crippen LogP contribution in [-0.2, 0) is 127 Å². The smallest absolute Gasteiger partial charge is 0.525 e. The summed E-state index contributed by atoms with van der Waals surface area (Å²) in [6.45, 7) is 25.1. The van der Waals surface area contributed by atoms with E-state index in [4.69, 9.17) is 9.57 Å². The summed E-state index contributed by atoms with van der Waals surface area (Å²) in [5, 5.41) is 3.79. The van der Waals surface area contributed by atoms with Crippen LogP contribution in [0.4, 0.5) is 0 Å². The van der Waals surface area contributed by atoms with Crippen LogP contribution in [0.5, 0.6) is 0 Å². The van der Waals surface area contributed by atoms with E-state index in [1.54, 1.807) is 6.21 Å². The molecule has 8 heteroatoms. The Morgan fingerprint density at radius 1 is 0.653 bits per heavy atom. The minimum atomic E-state index is -0.0000926. The van der Waals surface area contributed by atoms with E-state index in [0.29, 0.717) is 0 Å². The van der Waals surface area contributed by atoms with Gasteiger partial charge in [0, 0.05) is 123 Å². The van der Waals surface area contributed by atoms with Gasteiger partial charge in [0.2, 0.25) is 6.23 Å². The van der Waals surface area contributed by atoms with Crippen LogP contribution in [0.15, 0.2) is 78.0 Å². The second-order valence-corrected chi connectivity index (χ2v) is 17.0. The summed E-state index contributed by atoms with van der Waals surface area (Å²) in [7, 11) is 0. The largest absolute Gasteiger partial charge is 2.00 e. The molecular weight excluding hydrogens is 1280 g/mol. The molecule has 1 saturated heterocycles. The molecular formula is C67H76N2O2VWY2-4. The summed E-state index contributed by atoms with van der Waals surface area (Å²) in [6.07, 6.45) is 25.2. The van der Waals surface area contributed by atoms with Crippen LogP contribution in [0.3, 0.4) is 0 Å². The van der Waals surface area contributed by atoms with Crippen LogP contribution < -0.4 is 0 Å². The van der Waals surface area contributed by atoms with E-state index in [1.807, 2.05) is 48.5 Å². The molecule has 0 spiro atoms. The summed E-state index contributed by atoms with van der Waals surface area (Å²) >= 11 is 0. The fraction of sp³-hybridized carbons (Fsp3) is 0.403. The fourth-order valence-electron chi connectivity index (χ4n) is 7.75. The second-order valence-electron chi connectivity index (χ2n) is 17.0. The average molecular weight is 1350 g/mol. The van der Waals surface area contributed by atoms with Gasteiger partial charge in [-0.1, -0.05) is 47.5 Å². The van der Waals surface area contributed by atoms with Crippen molar-refractivity contribution in [1.82, 2.24) is 4.90 Å². The Morgan fingerprint density at radius 2 is 1.20 bits per heavy atom. The average Bonchev–Trinajstić information content (AvgIpc) is 3.95. The minimum absolute atomic E-state index is 0. The molecule has 3 aromatic rings. The molecule has 10 rings (SSSR count). The zero-order valence-corrected chi connectivity index (χ0v) is 54.6. The van der Waals surface area contributed by atoms with Crippen LogP contribution in [0, 0.1) is 149 Å². The maximum absolute atomic E-state index is 5.81. The first-order chi connectivity index (χ1) is 35.0. The van der Waals surface area contributed by atoms with Crippen molar-refractivity contribution in [3.63, 3.8) is 0 Å². The minimum Gasteiger partial charge on any atom is -0.525 e. The predicted octanol–water partition coefficient (Wildman–Crippen LogP) is 13.9. The quantitative estimate of drug-likeness (QED) is 0.180. The number of fused-ring (bicyclic) bond motifs is 5. The Kier molecular flexibility index (Phi) is 50.0. The summed E-state index contributed by atoms with van der Waals surface area (Å²) in [5.74, 6) is 43.9. The molecule has 3 heterocycles. The number of hydrogen-bond acceptors (Lipinski definition) is 4. The monoisotopic (exact) mass is 1350 g/mol. The third-order valence-corrected chi connectivity index (χ3v) is 11.5. The number of nitrogens with zero attached hydrogens (tertiary/aromatic N) is 2. The predicted molar refractivity (Wildman–Crippen MR) is 298 cm³/mol. The molecule has 0 bridgehead atoms. The zero-order chi connectivity index (χ0) is 50.8. The van der Waals surface area contributed by atoms with Crippen molar-refractivity contribution < 1.29 is 115 Å². The number of rotatable bonds is 1. The molecule has 3 aromatic carbocycles. The van der Waals surface area contributed by atoms with Crippen molar-refractivity contribution in [3.8, 4) is 82.9 Å². The van der Waals surface area contributed by atoms with Gasteiger partial charge in [-0.2, -0.15) is 30.9 Å². The first-order valence-corrected chi connectivity index (χ1v) is 25.6. The van der Waals surface area contributed by atoms with Gasteiger partial charge in [-0.15, -0.1) is 114 Å². The number of hydrogen-bond donors (Lipinski definition) is 0. The van der Waals surface area contributed by atoms with Crippen LogP contribution in [-0.4, -0.2) is 36.2 Å². The van der Waals surface area contributed by atoms with Gasteiger partial charge in [-0.3, -0.25) is 0 Å². The molecule has 0 amide bonds. The standard InChI is InChI=1S/C15H10.C12H12.C10H12N2O2.C9H12.2C7H10.C4H4.C3H6.V.W.2Y/c1-13-7-5-6-10-15(13)12-11-14-8-3-2-4-9-14;1-2-4-8-12-10-6-5-9-11(12)7-3-1;1-2-4-6-12-9(5-3-1)13-8-7-11-14-10(8)12;1-2-4-6-9-7-8(9)5-3-1;1-2-4-6-7-5-3-1;1-3-5-7-6-4-2;1-3-4-2;1-3-2;;;;/h2-8,10H,1H2;5-6,9-10H,3-4,7-8H2;7-10H,3-6H2;8-9H,3-7H2;2*1-5H2;1-2H2;1-3H2;;;;/q-2;;;;;3*-2;2*+2;;. The Morgan fingerprint density at radius 3 is 1.76 bits per heavy atom. The molecule has 3 aliphatic heterocycles. The molecule has 1 saturated carbocycles. The number of ether oxygens (including phenoxy) is 1. The SMILES string of the molecule is C1#CCCC2CC2CC1.C1#CCCCCC1.C1#CCCN2C(CC1)OC1C=NOC12.C1#CCCc2ccccc2CC1.[CH2-]C#C[CH2-].[CH2-]CC#CCC[CH2-].[CH2-]C[CH2-].[CH2-]c1ccccc1C#Cc1[c-]cccc1.[V+2].[W+2].[Y].[Y]. The summed E-state index contributed by atoms with van der Waals surface area (Å²) in [4.78, 5) is 7.49. The number of benzene rings is 3. The summed E-state index contributed by atoms with van der Waals surface area (Å²) < 4.78 is 5.81. The van der Waals surface area contributed by atoms with Crippen molar-refractivity contribution in [3.05, 3.63) is 155 Å². The van der Waals surface area contributed by atoms with E-state index in [0.717, 1.165) is 119 Å². The number of aryl methyl sites for hydroxylation is 2. The summed E-state index contributed by atoms with van der Waals surface area (Å²) in [6, 6.07) is 27.3. The Balaban J connectivity index is 0. The van der Waals surface area contributed by atoms with Crippen LogP contribution >= 0.6 is 0 Å². The van der Waals surface area contributed by atoms with E-state index >= 15 is 0 Å². The molecule has 0 aromatic heterocycles. The van der Waals surface area contributed by atoms with Crippen molar-refractivity contribution in [2.75, 3.05) is 6.54 Å². The van der Waals surface area contributed by atoms with Crippen molar-refractivity contribution in [2.24, 2.45) is 17.0 Å². The van der Waals surface area contributed by atoms with E-state index in [9.17, 15) is 0 Å². The third-order valence-electron chi connectivity index (χ3n) is 11.5. The van der Waals surface area contributed by atoms with Crippen molar-refractivity contribution >= 4 is 6.21 Å². The van der Waals surface area contributed by atoms with Crippen molar-refractivity contribution in [2.45, 2.75) is 153 Å². The summed E-state index contributed by atoms with van der Waals surface area (Å²) in [5.41, 5.74) is 5.81. The molecule has 5 unspecified atom stereocenters. The molecule has 4 nitrogen and oxygen atoms in total. The normalized spacial score (nSPS) is 19.3. The molecule has 7 aliphatic rings. The maximum Gasteiger partial charge on any atom is 2.00 e. The van der Waals surface area contributed by atoms with Gasteiger partial charge in [-0.25, -0.2) is 10.8 Å². The third kappa shape index (κ3) is 34.5. The van der Waals surface area contributed by atoms with Crippen LogP contribution in [0.2, 0.25) is 0 Å². The fourth-order valence-corrected chi connectivity index (χ4v) is 7.75.